The summed E-state index contributed by atoms with van der Waals surface area (Å²) < 4.78 is 5.33. The number of ether oxygens (including phenoxy) is 1. The van der Waals surface area contributed by atoms with Crippen molar-refractivity contribution in [3.05, 3.63) is 65.2 Å². The minimum atomic E-state index is 0.151. The monoisotopic (exact) mass is 349 g/mol. The third kappa shape index (κ3) is 3.28. The van der Waals surface area contributed by atoms with E-state index in [0.717, 1.165) is 43.7 Å². The second-order valence-corrected chi connectivity index (χ2v) is 7.79. The summed E-state index contributed by atoms with van der Waals surface area (Å²) >= 11 is 0. The first-order valence-electron chi connectivity index (χ1n) is 9.65. The first-order valence-corrected chi connectivity index (χ1v) is 9.65. The lowest BCUT2D eigenvalue weighted by atomic mass is 9.79. The molecule has 3 nitrogen and oxygen atoms in total. The molecule has 0 radical (unpaired) electrons. The molecule has 136 valence electrons. The van der Waals surface area contributed by atoms with Gasteiger partial charge in [-0.2, -0.15) is 0 Å². The molecule has 0 bridgehead atoms. The van der Waals surface area contributed by atoms with E-state index in [1.807, 2.05) is 18.2 Å². The number of hydrogen-bond donors (Lipinski definition) is 0. The fraction of sp³-hybridized carbons (Fsp3) is 0.435. The number of nitrogens with zero attached hydrogens (tertiary/aromatic N) is 1. The Morgan fingerprint density at radius 1 is 1.15 bits per heavy atom. The Hall–Kier alpha value is -2.13. The fourth-order valence-electron chi connectivity index (χ4n) is 4.69. The van der Waals surface area contributed by atoms with E-state index in [1.165, 1.54) is 11.1 Å². The highest BCUT2D eigenvalue weighted by Gasteiger charge is 2.39. The van der Waals surface area contributed by atoms with Gasteiger partial charge in [0, 0.05) is 24.1 Å². The van der Waals surface area contributed by atoms with Crippen LogP contribution in [0.15, 0.2) is 48.5 Å². The first kappa shape index (κ1) is 17.3. The molecule has 2 aliphatic rings. The van der Waals surface area contributed by atoms with Gasteiger partial charge in [0.1, 0.15) is 5.75 Å². The van der Waals surface area contributed by atoms with Gasteiger partial charge in [0.15, 0.2) is 5.78 Å². The Bertz CT molecular complexity index is 786. The van der Waals surface area contributed by atoms with E-state index in [1.54, 1.807) is 7.11 Å². The lowest BCUT2D eigenvalue weighted by Gasteiger charge is -2.39. The van der Waals surface area contributed by atoms with Gasteiger partial charge in [-0.05, 0) is 68.0 Å². The molecule has 4 rings (SSSR count). The minimum absolute atomic E-state index is 0.151. The van der Waals surface area contributed by atoms with E-state index in [9.17, 15) is 4.79 Å². The van der Waals surface area contributed by atoms with Gasteiger partial charge in [-0.25, -0.2) is 0 Å². The summed E-state index contributed by atoms with van der Waals surface area (Å²) in [6.45, 7) is 4.39. The number of benzene rings is 2. The number of hydrogen-bond acceptors (Lipinski definition) is 3. The van der Waals surface area contributed by atoms with Crippen molar-refractivity contribution in [1.82, 2.24) is 4.90 Å². The lowest BCUT2D eigenvalue weighted by molar-refractivity contribution is 0.0701. The summed E-state index contributed by atoms with van der Waals surface area (Å²) in [5.41, 5.74) is 3.45. The van der Waals surface area contributed by atoms with Crippen LogP contribution >= 0.6 is 0 Å². The van der Waals surface area contributed by atoms with Gasteiger partial charge >= 0.3 is 0 Å². The number of ketones is 1. The van der Waals surface area contributed by atoms with Gasteiger partial charge in [0.2, 0.25) is 0 Å². The van der Waals surface area contributed by atoms with E-state index in [-0.39, 0.29) is 5.92 Å². The molecular weight excluding hydrogens is 322 g/mol. The number of methoxy groups -OCH3 is 1. The number of rotatable bonds is 4. The summed E-state index contributed by atoms with van der Waals surface area (Å²) in [7, 11) is 1.68. The van der Waals surface area contributed by atoms with Crippen molar-refractivity contribution in [3.63, 3.8) is 0 Å². The zero-order valence-corrected chi connectivity index (χ0v) is 15.7. The Morgan fingerprint density at radius 3 is 2.69 bits per heavy atom. The normalized spacial score (nSPS) is 25.9. The predicted octanol–water partition coefficient (Wildman–Crippen LogP) is 4.35. The van der Waals surface area contributed by atoms with Gasteiger partial charge in [0.25, 0.3) is 0 Å². The molecule has 1 aliphatic heterocycles. The number of carbonyl (C=O) groups is 1. The van der Waals surface area contributed by atoms with Crippen LogP contribution in [-0.2, 0) is 13.0 Å². The topological polar surface area (TPSA) is 29.5 Å². The van der Waals surface area contributed by atoms with Crippen LogP contribution in [0, 0.1) is 11.8 Å². The molecule has 3 atom stereocenters. The molecule has 3 unspecified atom stereocenters. The summed E-state index contributed by atoms with van der Waals surface area (Å²) in [6, 6.07) is 17.1. The summed E-state index contributed by atoms with van der Waals surface area (Å²) in [5, 5.41) is 0. The predicted molar refractivity (Wildman–Crippen MR) is 104 cm³/mol. The molecule has 0 spiro atoms. The van der Waals surface area contributed by atoms with Gasteiger partial charge in [0.05, 0.1) is 7.11 Å². The van der Waals surface area contributed by atoms with Gasteiger partial charge in [-0.3, -0.25) is 9.69 Å². The van der Waals surface area contributed by atoms with E-state index < -0.39 is 0 Å². The summed E-state index contributed by atoms with van der Waals surface area (Å²) in [5.74, 6) is 1.83. The van der Waals surface area contributed by atoms with E-state index in [2.05, 4.69) is 42.2 Å². The molecule has 2 aromatic carbocycles. The van der Waals surface area contributed by atoms with Gasteiger partial charge in [-0.15, -0.1) is 0 Å². The average Bonchev–Trinajstić information content (AvgIpc) is 3.00. The number of fused-ring (bicyclic) bond motifs is 1. The third-order valence-electron chi connectivity index (χ3n) is 6.21. The zero-order valence-electron chi connectivity index (χ0n) is 15.7. The van der Waals surface area contributed by atoms with Crippen molar-refractivity contribution in [2.75, 3.05) is 13.7 Å². The maximum Gasteiger partial charge on any atom is 0.166 e. The lowest BCUT2D eigenvalue weighted by Crippen LogP contribution is -2.42. The first-order chi connectivity index (χ1) is 12.7. The largest absolute Gasteiger partial charge is 0.497 e. The molecule has 1 heterocycles. The number of piperidine rings is 1. The van der Waals surface area contributed by atoms with Crippen LogP contribution in [0.3, 0.4) is 0 Å². The zero-order chi connectivity index (χ0) is 18.1. The number of carbonyl (C=O) groups excluding carboxylic acids is 1. The van der Waals surface area contributed by atoms with E-state index in [0.29, 0.717) is 17.7 Å². The van der Waals surface area contributed by atoms with Crippen molar-refractivity contribution < 1.29 is 9.53 Å². The van der Waals surface area contributed by atoms with Crippen molar-refractivity contribution in [1.29, 1.82) is 0 Å². The van der Waals surface area contributed by atoms with Gasteiger partial charge < -0.3 is 4.74 Å². The van der Waals surface area contributed by atoms with Crippen molar-refractivity contribution in [3.8, 4) is 5.75 Å². The molecule has 3 heteroatoms. The Kier molecular flexibility index (Phi) is 4.82. The Labute approximate surface area is 156 Å². The number of likely N-dealkylation sites (tertiary alicyclic amines) is 1. The highest BCUT2D eigenvalue weighted by atomic mass is 16.5. The standard InChI is InChI=1S/C23H27NO2/c1-16-12-18(10-11-24(16)15-17-6-4-3-5-7-17)22-14-19-13-20(26-2)8-9-21(19)23(22)25/h3-9,13,16,18,22H,10-12,14-15H2,1-2H3. The molecule has 0 N–H and O–H groups in total. The molecule has 1 fully saturated rings. The van der Waals surface area contributed by atoms with E-state index in [4.69, 9.17) is 4.74 Å². The van der Waals surface area contributed by atoms with E-state index >= 15 is 0 Å². The number of Topliss-reactive ketones (excluding diaryl/α,β-unsaturated/α-hetero) is 1. The van der Waals surface area contributed by atoms with Crippen molar-refractivity contribution >= 4 is 5.78 Å². The van der Waals surface area contributed by atoms with Crippen LogP contribution in [0.4, 0.5) is 0 Å². The maximum atomic E-state index is 12.9. The van der Waals surface area contributed by atoms with Crippen LogP contribution in [0.1, 0.15) is 41.3 Å². The van der Waals surface area contributed by atoms with Crippen LogP contribution in [-0.4, -0.2) is 30.4 Å². The molecule has 0 aromatic heterocycles. The Morgan fingerprint density at radius 2 is 1.96 bits per heavy atom. The summed E-state index contributed by atoms with van der Waals surface area (Å²) in [4.78, 5) is 15.5. The van der Waals surface area contributed by atoms with Gasteiger partial charge in [-0.1, -0.05) is 30.3 Å². The molecule has 1 saturated heterocycles. The fourth-order valence-corrected chi connectivity index (χ4v) is 4.69. The Balaban J connectivity index is 1.42. The van der Waals surface area contributed by atoms with Crippen LogP contribution < -0.4 is 4.74 Å². The summed E-state index contributed by atoms with van der Waals surface area (Å²) in [6.07, 6.45) is 3.09. The highest BCUT2D eigenvalue weighted by Crippen LogP contribution is 2.39. The smallest absolute Gasteiger partial charge is 0.166 e. The third-order valence-corrected chi connectivity index (χ3v) is 6.21. The highest BCUT2D eigenvalue weighted by molar-refractivity contribution is 6.02. The molecule has 26 heavy (non-hydrogen) atoms. The van der Waals surface area contributed by atoms with Crippen molar-refractivity contribution in [2.24, 2.45) is 11.8 Å². The molecule has 1 aliphatic carbocycles. The molecular formula is C23H27NO2. The minimum Gasteiger partial charge on any atom is -0.497 e. The maximum absolute atomic E-state index is 12.9. The van der Waals surface area contributed by atoms with Crippen LogP contribution in [0.25, 0.3) is 0 Å². The second kappa shape index (κ2) is 7.24. The van der Waals surface area contributed by atoms with Crippen LogP contribution in [0.2, 0.25) is 0 Å². The van der Waals surface area contributed by atoms with Crippen LogP contribution in [0.5, 0.6) is 5.75 Å². The molecule has 2 aromatic rings. The molecule has 0 saturated carbocycles. The average molecular weight is 349 g/mol. The second-order valence-electron chi connectivity index (χ2n) is 7.79. The van der Waals surface area contributed by atoms with Crippen molar-refractivity contribution in [2.45, 2.75) is 38.8 Å². The molecule has 0 amide bonds. The SMILES string of the molecule is COc1ccc2c(c1)CC(C1CCN(Cc3ccccc3)C(C)C1)C2=O. The quantitative estimate of drug-likeness (QED) is 0.822.